The number of esters is 1. The molecule has 164 valence electrons. The van der Waals surface area contributed by atoms with Gasteiger partial charge in [-0.3, -0.25) is 4.79 Å². The number of ether oxygens (including phenoxy) is 1. The van der Waals surface area contributed by atoms with Gasteiger partial charge < -0.3 is 9.64 Å². The number of para-hydroxylation sites is 1. The van der Waals surface area contributed by atoms with Crippen molar-refractivity contribution < 1.29 is 14.3 Å². The molecule has 1 atom stereocenters. The quantitative estimate of drug-likeness (QED) is 0.412. The first-order valence-corrected chi connectivity index (χ1v) is 10.8. The first-order chi connectivity index (χ1) is 15.4. The van der Waals surface area contributed by atoms with Crippen LogP contribution in [0.15, 0.2) is 60.7 Å². The number of anilines is 1. The Kier molecular flexibility index (Phi) is 6.42. The zero-order valence-corrected chi connectivity index (χ0v) is 18.7. The Morgan fingerprint density at radius 3 is 2.66 bits per heavy atom. The second-order valence-electron chi connectivity index (χ2n) is 7.82. The third-order valence-corrected chi connectivity index (χ3v) is 5.88. The van der Waals surface area contributed by atoms with Gasteiger partial charge in [0, 0.05) is 23.4 Å². The molecular formula is C25H24ClN3O3. The lowest BCUT2D eigenvalue weighted by Gasteiger charge is -2.22. The number of carbonyl (C=O) groups is 2. The van der Waals surface area contributed by atoms with Gasteiger partial charge in [0.1, 0.15) is 5.15 Å². The van der Waals surface area contributed by atoms with Gasteiger partial charge in [-0.25, -0.2) is 9.48 Å². The molecule has 7 heteroatoms. The molecule has 2 aromatic carbocycles. The third-order valence-electron chi connectivity index (χ3n) is 5.48. The normalized spacial score (nSPS) is 15.2. The summed E-state index contributed by atoms with van der Waals surface area (Å²) in [7, 11) is 0. The van der Waals surface area contributed by atoms with Crippen LogP contribution in [0, 0.1) is 6.92 Å². The molecule has 0 aliphatic carbocycles. The lowest BCUT2D eigenvalue weighted by molar-refractivity contribution is -0.143. The number of aryl methyl sites for hydroxylation is 1. The van der Waals surface area contributed by atoms with Gasteiger partial charge in [0.15, 0.2) is 6.61 Å². The Balaban J connectivity index is 1.37. The minimum absolute atomic E-state index is 0.0334. The predicted molar refractivity (Wildman–Crippen MR) is 125 cm³/mol. The molecule has 1 amide bonds. The molecule has 4 rings (SSSR count). The Morgan fingerprint density at radius 1 is 1.16 bits per heavy atom. The highest BCUT2D eigenvalue weighted by molar-refractivity contribution is 6.31. The van der Waals surface area contributed by atoms with E-state index in [-0.39, 0.29) is 18.6 Å². The molecule has 1 unspecified atom stereocenters. The minimum Gasteiger partial charge on any atom is -0.452 e. The molecule has 0 saturated heterocycles. The van der Waals surface area contributed by atoms with Gasteiger partial charge in [-0.2, -0.15) is 5.10 Å². The molecule has 0 saturated carbocycles. The van der Waals surface area contributed by atoms with Crippen molar-refractivity contribution in [3.63, 3.8) is 0 Å². The van der Waals surface area contributed by atoms with Crippen molar-refractivity contribution in [1.29, 1.82) is 0 Å². The third kappa shape index (κ3) is 4.60. The van der Waals surface area contributed by atoms with Crippen molar-refractivity contribution >= 4 is 35.2 Å². The number of hydrogen-bond acceptors (Lipinski definition) is 4. The van der Waals surface area contributed by atoms with Crippen LogP contribution in [-0.2, 0) is 27.3 Å². The molecule has 1 aromatic heterocycles. The van der Waals surface area contributed by atoms with Crippen LogP contribution in [0.4, 0.5) is 5.69 Å². The van der Waals surface area contributed by atoms with E-state index in [9.17, 15) is 9.59 Å². The van der Waals surface area contributed by atoms with E-state index in [2.05, 4.69) is 5.10 Å². The van der Waals surface area contributed by atoms with Crippen LogP contribution >= 0.6 is 11.6 Å². The molecule has 0 N–H and O–H groups in total. The molecule has 0 fully saturated rings. The summed E-state index contributed by atoms with van der Waals surface area (Å²) < 4.78 is 6.88. The van der Waals surface area contributed by atoms with Crippen LogP contribution in [0.2, 0.25) is 5.15 Å². The van der Waals surface area contributed by atoms with Gasteiger partial charge in [-0.05, 0) is 43.5 Å². The smallest absolute Gasteiger partial charge is 0.331 e. The maximum Gasteiger partial charge on any atom is 0.331 e. The highest BCUT2D eigenvalue weighted by Crippen LogP contribution is 2.31. The second-order valence-corrected chi connectivity index (χ2v) is 8.18. The molecule has 3 aromatic rings. The first-order valence-electron chi connectivity index (χ1n) is 10.5. The number of fused-ring (bicyclic) bond motifs is 1. The summed E-state index contributed by atoms with van der Waals surface area (Å²) in [5, 5.41) is 4.90. The summed E-state index contributed by atoms with van der Waals surface area (Å²) in [4.78, 5) is 26.6. The van der Waals surface area contributed by atoms with E-state index in [1.165, 1.54) is 6.08 Å². The summed E-state index contributed by atoms with van der Waals surface area (Å²) in [6.45, 7) is 4.02. The molecule has 0 bridgehead atoms. The van der Waals surface area contributed by atoms with Crippen LogP contribution in [0.25, 0.3) is 6.08 Å². The van der Waals surface area contributed by atoms with Gasteiger partial charge in [-0.15, -0.1) is 0 Å². The fourth-order valence-electron chi connectivity index (χ4n) is 3.97. The number of rotatable bonds is 6. The highest BCUT2D eigenvalue weighted by Gasteiger charge is 2.30. The Labute approximate surface area is 192 Å². The van der Waals surface area contributed by atoms with E-state index < -0.39 is 5.97 Å². The lowest BCUT2D eigenvalue weighted by Crippen LogP contribution is -2.38. The summed E-state index contributed by atoms with van der Waals surface area (Å²) >= 11 is 6.48. The number of nitrogens with zero attached hydrogens (tertiary/aromatic N) is 3. The maximum atomic E-state index is 12.7. The van der Waals surface area contributed by atoms with E-state index in [1.807, 2.05) is 68.4 Å². The Hall–Kier alpha value is -3.38. The van der Waals surface area contributed by atoms with Gasteiger partial charge in [-0.1, -0.05) is 60.1 Å². The standard InChI is InChI=1S/C25H24ClN3O3/c1-17-14-20-10-6-7-11-22(20)29(17)23(30)16-32-24(31)13-12-21-18(2)27-28(25(21)26)15-19-8-4-3-5-9-19/h3-13,17H,14-16H2,1-2H3/b13-12+. The van der Waals surface area contributed by atoms with Crippen LogP contribution in [-0.4, -0.2) is 34.3 Å². The number of carbonyl (C=O) groups excluding carboxylic acids is 2. The van der Waals surface area contributed by atoms with E-state index in [0.29, 0.717) is 23.0 Å². The van der Waals surface area contributed by atoms with Crippen molar-refractivity contribution in [2.24, 2.45) is 0 Å². The molecule has 1 aliphatic rings. The number of aromatic nitrogens is 2. The largest absolute Gasteiger partial charge is 0.452 e. The monoisotopic (exact) mass is 449 g/mol. The molecular weight excluding hydrogens is 426 g/mol. The molecule has 2 heterocycles. The molecule has 1 aliphatic heterocycles. The van der Waals surface area contributed by atoms with E-state index in [0.717, 1.165) is 23.2 Å². The number of benzene rings is 2. The summed E-state index contributed by atoms with van der Waals surface area (Å²) in [5.41, 5.74) is 4.42. The van der Waals surface area contributed by atoms with Gasteiger partial charge in [0.2, 0.25) is 0 Å². The minimum atomic E-state index is -0.607. The van der Waals surface area contributed by atoms with Crippen LogP contribution in [0.3, 0.4) is 0 Å². The van der Waals surface area contributed by atoms with Gasteiger partial charge >= 0.3 is 5.97 Å². The maximum absolute atomic E-state index is 12.7. The highest BCUT2D eigenvalue weighted by atomic mass is 35.5. The first kappa shape index (κ1) is 21.8. The summed E-state index contributed by atoms with van der Waals surface area (Å²) in [6, 6.07) is 17.7. The average Bonchev–Trinajstić information content (AvgIpc) is 3.26. The second kappa shape index (κ2) is 9.40. The average molecular weight is 450 g/mol. The van der Waals surface area contributed by atoms with Gasteiger partial charge in [0.05, 0.1) is 12.2 Å². The van der Waals surface area contributed by atoms with Crippen molar-refractivity contribution in [2.45, 2.75) is 32.9 Å². The fourth-order valence-corrected chi connectivity index (χ4v) is 4.26. The molecule has 0 radical (unpaired) electrons. The SMILES string of the molecule is Cc1nn(Cc2ccccc2)c(Cl)c1/C=C/C(=O)OCC(=O)N1c2ccccc2CC1C. The van der Waals surface area contributed by atoms with Crippen molar-refractivity contribution in [2.75, 3.05) is 11.5 Å². The zero-order chi connectivity index (χ0) is 22.7. The summed E-state index contributed by atoms with van der Waals surface area (Å²) in [5.74, 6) is -0.848. The number of amides is 1. The fraction of sp³-hybridized carbons (Fsp3) is 0.240. The molecule has 6 nitrogen and oxygen atoms in total. The Morgan fingerprint density at radius 2 is 1.88 bits per heavy atom. The van der Waals surface area contributed by atoms with Crippen molar-refractivity contribution in [1.82, 2.24) is 9.78 Å². The summed E-state index contributed by atoms with van der Waals surface area (Å²) in [6.07, 6.45) is 3.64. The van der Waals surface area contributed by atoms with E-state index in [1.54, 1.807) is 15.7 Å². The van der Waals surface area contributed by atoms with Crippen molar-refractivity contribution in [3.05, 3.63) is 88.2 Å². The Bertz CT molecular complexity index is 1170. The lowest BCUT2D eigenvalue weighted by atomic mass is 10.1. The number of hydrogen-bond donors (Lipinski definition) is 0. The van der Waals surface area contributed by atoms with E-state index in [4.69, 9.17) is 16.3 Å². The van der Waals surface area contributed by atoms with Crippen LogP contribution in [0.5, 0.6) is 0 Å². The predicted octanol–water partition coefficient (Wildman–Crippen LogP) is 4.43. The van der Waals surface area contributed by atoms with Crippen molar-refractivity contribution in [3.8, 4) is 0 Å². The van der Waals surface area contributed by atoms with E-state index >= 15 is 0 Å². The topological polar surface area (TPSA) is 64.4 Å². The van der Waals surface area contributed by atoms with Crippen LogP contribution in [0.1, 0.15) is 29.3 Å². The number of halogens is 1. The molecule has 32 heavy (non-hydrogen) atoms. The van der Waals surface area contributed by atoms with Gasteiger partial charge in [0.25, 0.3) is 5.91 Å². The zero-order valence-electron chi connectivity index (χ0n) is 18.0. The van der Waals surface area contributed by atoms with Crippen LogP contribution < -0.4 is 4.90 Å². The molecule has 0 spiro atoms.